The van der Waals surface area contributed by atoms with Crippen molar-refractivity contribution in [1.82, 2.24) is 14.9 Å². The van der Waals surface area contributed by atoms with Crippen LogP contribution in [0.25, 0.3) is 0 Å². The summed E-state index contributed by atoms with van der Waals surface area (Å²) in [4.78, 5) is 25.8. The maximum Gasteiger partial charge on any atom is 0.326 e. The largest absolute Gasteiger partial charge is 0.493 e. The first kappa shape index (κ1) is 24.9. The molecule has 4 rings (SSSR count). The van der Waals surface area contributed by atoms with E-state index < -0.39 is 6.03 Å². The van der Waals surface area contributed by atoms with E-state index in [1.54, 1.807) is 24.4 Å². The van der Waals surface area contributed by atoms with Crippen LogP contribution >= 0.6 is 0 Å². The van der Waals surface area contributed by atoms with Crippen LogP contribution in [0.15, 0.2) is 48.7 Å². The summed E-state index contributed by atoms with van der Waals surface area (Å²) in [6.45, 7) is 4.15. The molecule has 0 spiro atoms. The van der Waals surface area contributed by atoms with Crippen LogP contribution < -0.4 is 35.1 Å². The highest BCUT2D eigenvalue weighted by Gasteiger charge is 2.16. The molecule has 1 aliphatic heterocycles. The number of carbonyl (C=O) groups excluding carboxylic acids is 1. The summed E-state index contributed by atoms with van der Waals surface area (Å²) < 4.78 is 16.0. The lowest BCUT2D eigenvalue weighted by atomic mass is 10.2. The number of anilines is 5. The van der Waals surface area contributed by atoms with Gasteiger partial charge in [-0.05, 0) is 37.4 Å². The molecule has 0 saturated carbocycles. The molecule has 2 aromatic carbocycles. The van der Waals surface area contributed by atoms with Crippen LogP contribution in [-0.2, 0) is 0 Å². The molecule has 0 aliphatic carbocycles. The van der Waals surface area contributed by atoms with Crippen molar-refractivity contribution < 1.29 is 19.0 Å². The molecule has 3 aromatic rings. The fourth-order valence-electron chi connectivity index (χ4n) is 3.87. The van der Waals surface area contributed by atoms with Gasteiger partial charge in [0.2, 0.25) is 11.7 Å². The van der Waals surface area contributed by atoms with Gasteiger partial charge in [-0.25, -0.2) is 9.78 Å². The van der Waals surface area contributed by atoms with Gasteiger partial charge < -0.3 is 34.6 Å². The van der Waals surface area contributed by atoms with Gasteiger partial charge in [0.1, 0.15) is 5.82 Å². The summed E-state index contributed by atoms with van der Waals surface area (Å²) >= 11 is 0. The minimum atomic E-state index is -0.516. The van der Waals surface area contributed by atoms with E-state index in [9.17, 15) is 4.79 Å². The molecule has 1 aliphatic rings. The first-order chi connectivity index (χ1) is 17.5. The molecular formula is C25H31N7O4. The molecule has 11 heteroatoms. The summed E-state index contributed by atoms with van der Waals surface area (Å²) in [5, 5.41) is 8.62. The topological polar surface area (TPSA) is 113 Å². The molecule has 36 heavy (non-hydrogen) atoms. The molecule has 0 atom stereocenters. The molecule has 190 valence electrons. The molecule has 1 fully saturated rings. The number of nitrogens with zero attached hydrogens (tertiary/aromatic N) is 4. The van der Waals surface area contributed by atoms with E-state index in [1.807, 2.05) is 12.1 Å². The van der Waals surface area contributed by atoms with Gasteiger partial charge in [-0.15, -0.1) is 0 Å². The van der Waals surface area contributed by atoms with E-state index in [-0.39, 0.29) is 5.95 Å². The third-order valence-electron chi connectivity index (χ3n) is 5.81. The third-order valence-corrected chi connectivity index (χ3v) is 5.81. The fourth-order valence-corrected chi connectivity index (χ4v) is 3.87. The smallest absolute Gasteiger partial charge is 0.326 e. The molecule has 1 saturated heterocycles. The quantitative estimate of drug-likeness (QED) is 0.433. The summed E-state index contributed by atoms with van der Waals surface area (Å²) in [6.07, 6.45) is 1.57. The van der Waals surface area contributed by atoms with E-state index in [0.29, 0.717) is 28.8 Å². The zero-order valence-corrected chi connectivity index (χ0v) is 20.9. The van der Waals surface area contributed by atoms with Crippen LogP contribution in [0.2, 0.25) is 0 Å². The highest BCUT2D eigenvalue weighted by atomic mass is 16.5. The molecule has 0 unspecified atom stereocenters. The van der Waals surface area contributed by atoms with Gasteiger partial charge in [-0.3, -0.25) is 5.32 Å². The fraction of sp³-hybridized carbons (Fsp3) is 0.320. The Bertz CT molecular complexity index is 1160. The van der Waals surface area contributed by atoms with E-state index >= 15 is 0 Å². The van der Waals surface area contributed by atoms with E-state index in [4.69, 9.17) is 14.2 Å². The zero-order valence-electron chi connectivity index (χ0n) is 20.9. The van der Waals surface area contributed by atoms with Gasteiger partial charge in [0.25, 0.3) is 0 Å². The highest BCUT2D eigenvalue weighted by Crippen LogP contribution is 2.39. The van der Waals surface area contributed by atoms with Gasteiger partial charge in [0, 0.05) is 55.9 Å². The Hall–Kier alpha value is -4.25. The number of aromatic nitrogens is 2. The number of ether oxygens (including phenoxy) is 3. The monoisotopic (exact) mass is 493 g/mol. The van der Waals surface area contributed by atoms with Gasteiger partial charge in [0.15, 0.2) is 11.5 Å². The van der Waals surface area contributed by atoms with Crippen molar-refractivity contribution in [2.45, 2.75) is 0 Å². The second kappa shape index (κ2) is 11.5. The van der Waals surface area contributed by atoms with Crippen LogP contribution in [0, 0.1) is 0 Å². The van der Waals surface area contributed by atoms with Crippen LogP contribution in [0.4, 0.5) is 33.6 Å². The Labute approximate surface area is 210 Å². The first-order valence-electron chi connectivity index (χ1n) is 11.5. The van der Waals surface area contributed by atoms with Crippen molar-refractivity contribution >= 4 is 34.9 Å². The normalized spacial score (nSPS) is 13.6. The van der Waals surface area contributed by atoms with Crippen molar-refractivity contribution in [1.29, 1.82) is 0 Å². The molecule has 2 heterocycles. The van der Waals surface area contributed by atoms with Crippen molar-refractivity contribution in [3.8, 4) is 17.2 Å². The van der Waals surface area contributed by atoms with E-state index in [0.717, 1.165) is 31.9 Å². The minimum absolute atomic E-state index is 0.152. The molecule has 3 N–H and O–H groups in total. The SMILES string of the molecule is COc1cc(NC(=O)Nc2nccc(Nc3ccc(N4CCN(C)CC4)cc3)n2)cc(OC)c1OC. The predicted molar refractivity (Wildman–Crippen MR) is 140 cm³/mol. The first-order valence-corrected chi connectivity index (χ1v) is 11.5. The lowest BCUT2D eigenvalue weighted by Gasteiger charge is -2.34. The van der Waals surface area contributed by atoms with Gasteiger partial charge >= 0.3 is 6.03 Å². The number of benzene rings is 2. The number of methoxy groups -OCH3 is 3. The number of amides is 2. The Kier molecular flexibility index (Phi) is 7.91. The Morgan fingerprint density at radius 3 is 2.14 bits per heavy atom. The second-order valence-electron chi connectivity index (χ2n) is 8.22. The Morgan fingerprint density at radius 1 is 0.861 bits per heavy atom. The molecule has 11 nitrogen and oxygen atoms in total. The number of likely N-dealkylation sites (N-methyl/N-ethyl adjacent to an activating group) is 1. The number of hydrogen-bond donors (Lipinski definition) is 3. The zero-order chi connectivity index (χ0) is 25.5. The molecule has 2 amide bonds. The van der Waals surface area contributed by atoms with Crippen molar-refractivity contribution in [2.24, 2.45) is 0 Å². The van der Waals surface area contributed by atoms with Crippen LogP contribution in [0.1, 0.15) is 0 Å². The Morgan fingerprint density at radius 2 is 1.53 bits per heavy atom. The summed E-state index contributed by atoms with van der Waals surface area (Å²) in [5.74, 6) is 1.99. The minimum Gasteiger partial charge on any atom is -0.493 e. The standard InChI is InChI=1S/C25H31N7O4/c1-31-11-13-32(14-12-31)19-7-5-17(6-8-19)27-22-9-10-26-24(29-22)30-25(33)28-18-15-20(34-2)23(36-4)21(16-18)35-3/h5-10,15-16H,11-14H2,1-4H3,(H3,26,27,28,29,30,33). The summed E-state index contributed by atoms with van der Waals surface area (Å²) in [6, 6.07) is 12.7. The molecular weight excluding hydrogens is 462 g/mol. The van der Waals surface area contributed by atoms with E-state index in [1.165, 1.54) is 27.0 Å². The number of carbonyl (C=O) groups is 1. The van der Waals surface area contributed by atoms with Gasteiger partial charge in [-0.2, -0.15) is 4.98 Å². The number of urea groups is 1. The average Bonchev–Trinajstić information content (AvgIpc) is 2.89. The van der Waals surface area contributed by atoms with Gasteiger partial charge in [-0.1, -0.05) is 0 Å². The molecule has 0 bridgehead atoms. The number of piperazine rings is 1. The summed E-state index contributed by atoms with van der Waals surface area (Å²) in [5.41, 5.74) is 2.54. The highest BCUT2D eigenvalue weighted by molar-refractivity contribution is 5.99. The number of hydrogen-bond acceptors (Lipinski definition) is 9. The average molecular weight is 494 g/mol. The van der Waals surface area contributed by atoms with Gasteiger partial charge in [0.05, 0.1) is 27.0 Å². The predicted octanol–water partition coefficient (Wildman–Crippen LogP) is 3.64. The third kappa shape index (κ3) is 6.05. The molecule has 0 radical (unpaired) electrons. The Balaban J connectivity index is 1.38. The van der Waals surface area contributed by atoms with Crippen molar-refractivity contribution in [3.05, 3.63) is 48.7 Å². The van der Waals surface area contributed by atoms with Crippen molar-refractivity contribution in [3.63, 3.8) is 0 Å². The van der Waals surface area contributed by atoms with E-state index in [2.05, 4.69) is 54.9 Å². The summed E-state index contributed by atoms with van der Waals surface area (Å²) in [7, 11) is 6.67. The number of nitrogens with one attached hydrogen (secondary N) is 3. The van der Waals surface area contributed by atoms with Crippen LogP contribution in [-0.4, -0.2) is 75.5 Å². The number of rotatable bonds is 8. The lowest BCUT2D eigenvalue weighted by Crippen LogP contribution is -2.44. The second-order valence-corrected chi connectivity index (χ2v) is 8.22. The maximum atomic E-state index is 12.6. The van der Waals surface area contributed by atoms with Crippen LogP contribution in [0.3, 0.4) is 0 Å². The van der Waals surface area contributed by atoms with Crippen LogP contribution in [0.5, 0.6) is 17.2 Å². The maximum absolute atomic E-state index is 12.6. The molecule has 1 aromatic heterocycles. The lowest BCUT2D eigenvalue weighted by molar-refractivity contribution is 0.262. The van der Waals surface area contributed by atoms with Crippen molar-refractivity contribution in [2.75, 3.05) is 75.4 Å².